The summed E-state index contributed by atoms with van der Waals surface area (Å²) in [6.07, 6.45) is 6.02. The Kier molecular flexibility index (Phi) is 3.67. The van der Waals surface area contributed by atoms with Crippen molar-refractivity contribution in [2.24, 2.45) is 28.6 Å². The maximum Gasteiger partial charge on any atom is 0.302 e. The first-order valence-corrected chi connectivity index (χ1v) is 8.27. The summed E-state index contributed by atoms with van der Waals surface area (Å²) in [6, 6.07) is 0. The highest BCUT2D eigenvalue weighted by atomic mass is 16.5. The lowest BCUT2D eigenvalue weighted by Crippen LogP contribution is -2.56. The summed E-state index contributed by atoms with van der Waals surface area (Å²) in [7, 11) is 0. The first-order valence-electron chi connectivity index (χ1n) is 8.27. The molecule has 1 saturated carbocycles. The Morgan fingerprint density at radius 3 is 2.95 bits per heavy atom. The standard InChI is InChI=1S/C18H28O3/c1-12-15-9-20-10-18(12,11-21-13(2)19)8-16-14(15)6-5-7-17(16,3)4/h6,12,15-16H,5,7-11H2,1-4H3. The zero-order valence-electron chi connectivity index (χ0n) is 13.8. The maximum atomic E-state index is 11.3. The first kappa shape index (κ1) is 15.1. The summed E-state index contributed by atoms with van der Waals surface area (Å²) in [5.74, 6) is 1.48. The van der Waals surface area contributed by atoms with E-state index in [0.29, 0.717) is 29.8 Å². The lowest BCUT2D eigenvalue weighted by atomic mass is 9.50. The predicted octanol–water partition coefficient (Wildman–Crippen LogP) is 3.58. The van der Waals surface area contributed by atoms with Crippen molar-refractivity contribution in [3.8, 4) is 0 Å². The van der Waals surface area contributed by atoms with Gasteiger partial charge in [0.1, 0.15) is 0 Å². The molecular formula is C18H28O3. The number of rotatable bonds is 2. The average molecular weight is 292 g/mol. The maximum absolute atomic E-state index is 11.3. The monoisotopic (exact) mass is 292 g/mol. The molecule has 1 aliphatic heterocycles. The molecule has 3 heteroatoms. The molecule has 4 unspecified atom stereocenters. The lowest BCUT2D eigenvalue weighted by molar-refractivity contribution is -0.166. The van der Waals surface area contributed by atoms with Gasteiger partial charge in [0.2, 0.25) is 0 Å². The second-order valence-electron chi connectivity index (χ2n) is 8.04. The minimum Gasteiger partial charge on any atom is -0.465 e. The van der Waals surface area contributed by atoms with Gasteiger partial charge in [0.05, 0.1) is 19.8 Å². The summed E-state index contributed by atoms with van der Waals surface area (Å²) >= 11 is 0. The van der Waals surface area contributed by atoms with E-state index in [1.54, 1.807) is 5.57 Å². The van der Waals surface area contributed by atoms with Crippen LogP contribution in [0.2, 0.25) is 0 Å². The second kappa shape index (κ2) is 5.12. The largest absolute Gasteiger partial charge is 0.465 e. The van der Waals surface area contributed by atoms with Crippen LogP contribution in [0.4, 0.5) is 0 Å². The highest BCUT2D eigenvalue weighted by Crippen LogP contribution is 2.59. The molecule has 1 heterocycles. The number of esters is 1. The predicted molar refractivity (Wildman–Crippen MR) is 81.7 cm³/mol. The summed E-state index contributed by atoms with van der Waals surface area (Å²) in [5.41, 5.74) is 1.98. The van der Waals surface area contributed by atoms with E-state index in [1.165, 1.54) is 19.8 Å². The van der Waals surface area contributed by atoms with Gasteiger partial charge < -0.3 is 9.47 Å². The van der Waals surface area contributed by atoms with Crippen LogP contribution in [0.1, 0.15) is 47.0 Å². The average Bonchev–Trinajstić information content (AvgIpc) is 2.39. The molecule has 4 atom stereocenters. The van der Waals surface area contributed by atoms with E-state index in [4.69, 9.17) is 9.47 Å². The molecule has 0 aromatic heterocycles. The Morgan fingerprint density at radius 1 is 1.48 bits per heavy atom. The van der Waals surface area contributed by atoms with Gasteiger partial charge in [-0.3, -0.25) is 4.79 Å². The Balaban J connectivity index is 1.93. The van der Waals surface area contributed by atoms with Gasteiger partial charge in [-0.15, -0.1) is 0 Å². The molecule has 3 aliphatic rings. The molecule has 0 aromatic rings. The van der Waals surface area contributed by atoms with Crippen molar-refractivity contribution in [1.29, 1.82) is 0 Å². The van der Waals surface area contributed by atoms with Gasteiger partial charge >= 0.3 is 5.97 Å². The zero-order valence-corrected chi connectivity index (χ0v) is 13.8. The highest BCUT2D eigenvalue weighted by molar-refractivity contribution is 5.65. The molecular weight excluding hydrogens is 264 g/mol. The van der Waals surface area contributed by atoms with Crippen LogP contribution in [0.3, 0.4) is 0 Å². The number of hydrogen-bond donors (Lipinski definition) is 0. The van der Waals surface area contributed by atoms with Crippen molar-refractivity contribution in [2.45, 2.75) is 47.0 Å². The van der Waals surface area contributed by atoms with E-state index >= 15 is 0 Å². The van der Waals surface area contributed by atoms with Gasteiger partial charge in [-0.05, 0) is 36.5 Å². The molecule has 2 fully saturated rings. The topological polar surface area (TPSA) is 35.5 Å². The van der Waals surface area contributed by atoms with Gasteiger partial charge in [0.25, 0.3) is 0 Å². The zero-order chi connectivity index (χ0) is 15.3. The van der Waals surface area contributed by atoms with E-state index in [1.807, 2.05) is 0 Å². The van der Waals surface area contributed by atoms with Crippen LogP contribution < -0.4 is 0 Å². The van der Waals surface area contributed by atoms with Gasteiger partial charge in [0.15, 0.2) is 0 Å². The molecule has 3 rings (SSSR count). The third kappa shape index (κ3) is 2.44. The minimum atomic E-state index is -0.178. The van der Waals surface area contributed by atoms with Crippen LogP contribution in [-0.2, 0) is 14.3 Å². The minimum absolute atomic E-state index is 0.00516. The van der Waals surface area contributed by atoms with E-state index < -0.39 is 0 Å². The van der Waals surface area contributed by atoms with Crippen LogP contribution in [0.25, 0.3) is 0 Å². The SMILES string of the molecule is CC(=O)OCC12COCC(C3=CCCC(C)(C)C3C1)C2C. The number of hydrogen-bond acceptors (Lipinski definition) is 3. The second-order valence-corrected chi connectivity index (χ2v) is 8.04. The number of ether oxygens (including phenoxy) is 2. The third-order valence-electron chi connectivity index (χ3n) is 6.37. The highest BCUT2D eigenvalue weighted by Gasteiger charge is 2.55. The molecule has 21 heavy (non-hydrogen) atoms. The molecule has 0 N–H and O–H groups in total. The summed E-state index contributed by atoms with van der Waals surface area (Å²) < 4.78 is 11.4. The molecule has 0 spiro atoms. The molecule has 0 amide bonds. The Hall–Kier alpha value is -0.830. The normalized spacial score (nSPS) is 41.0. The molecule has 0 radical (unpaired) electrons. The number of allylic oxidation sites excluding steroid dienone is 1. The smallest absolute Gasteiger partial charge is 0.302 e. The number of fused-ring (bicyclic) bond motifs is 4. The van der Waals surface area contributed by atoms with Crippen molar-refractivity contribution < 1.29 is 14.3 Å². The fraction of sp³-hybridized carbons (Fsp3) is 0.833. The number of carbonyl (C=O) groups excluding carboxylic acids is 1. The van der Waals surface area contributed by atoms with E-state index in [-0.39, 0.29) is 11.4 Å². The van der Waals surface area contributed by atoms with Crippen molar-refractivity contribution >= 4 is 5.97 Å². The van der Waals surface area contributed by atoms with Crippen LogP contribution in [-0.4, -0.2) is 25.8 Å². The quantitative estimate of drug-likeness (QED) is 0.576. The third-order valence-corrected chi connectivity index (χ3v) is 6.37. The summed E-state index contributed by atoms with van der Waals surface area (Å²) in [4.78, 5) is 11.3. The van der Waals surface area contributed by atoms with Gasteiger partial charge in [-0.2, -0.15) is 0 Å². The first-order chi connectivity index (χ1) is 9.86. The van der Waals surface area contributed by atoms with E-state index in [0.717, 1.165) is 19.6 Å². The lowest BCUT2D eigenvalue weighted by Gasteiger charge is -2.58. The molecule has 2 aliphatic carbocycles. The van der Waals surface area contributed by atoms with Crippen LogP contribution in [0, 0.1) is 28.6 Å². The van der Waals surface area contributed by atoms with Crippen LogP contribution in [0.5, 0.6) is 0 Å². The van der Waals surface area contributed by atoms with Crippen molar-refractivity contribution in [2.75, 3.05) is 19.8 Å². The Morgan fingerprint density at radius 2 is 2.24 bits per heavy atom. The molecule has 118 valence electrons. The molecule has 1 saturated heterocycles. The van der Waals surface area contributed by atoms with Gasteiger partial charge in [-0.1, -0.05) is 32.4 Å². The molecule has 0 aromatic carbocycles. The van der Waals surface area contributed by atoms with Crippen LogP contribution >= 0.6 is 0 Å². The van der Waals surface area contributed by atoms with Gasteiger partial charge in [-0.25, -0.2) is 0 Å². The summed E-state index contributed by atoms with van der Waals surface area (Å²) in [6.45, 7) is 10.7. The van der Waals surface area contributed by atoms with Crippen molar-refractivity contribution in [3.63, 3.8) is 0 Å². The fourth-order valence-corrected chi connectivity index (χ4v) is 4.79. The van der Waals surface area contributed by atoms with Crippen molar-refractivity contribution in [3.05, 3.63) is 11.6 Å². The Labute approximate surface area is 128 Å². The van der Waals surface area contributed by atoms with Crippen LogP contribution in [0.15, 0.2) is 11.6 Å². The fourth-order valence-electron chi connectivity index (χ4n) is 4.79. The molecule has 2 bridgehead atoms. The summed E-state index contributed by atoms with van der Waals surface area (Å²) in [5, 5.41) is 0. The Bertz CT molecular complexity index is 465. The van der Waals surface area contributed by atoms with E-state index in [2.05, 4.69) is 26.8 Å². The van der Waals surface area contributed by atoms with Crippen molar-refractivity contribution in [1.82, 2.24) is 0 Å². The van der Waals surface area contributed by atoms with E-state index in [9.17, 15) is 4.79 Å². The molecule has 3 nitrogen and oxygen atoms in total. The van der Waals surface area contributed by atoms with Gasteiger partial charge in [0, 0.05) is 18.3 Å². The number of carbonyl (C=O) groups is 1.